The van der Waals surface area contributed by atoms with Gasteiger partial charge in [-0.2, -0.15) is 0 Å². The van der Waals surface area contributed by atoms with Gasteiger partial charge in [0, 0.05) is 35.5 Å². The number of nitrogens with zero attached hydrogens (tertiary/aromatic N) is 3. The summed E-state index contributed by atoms with van der Waals surface area (Å²) in [4.78, 5) is 11.0. The monoisotopic (exact) mass is 321 g/mol. The van der Waals surface area contributed by atoms with E-state index in [-0.39, 0.29) is 0 Å². The van der Waals surface area contributed by atoms with Crippen molar-refractivity contribution in [2.45, 2.75) is 0 Å². The second kappa shape index (κ2) is 6.33. The highest BCUT2D eigenvalue weighted by Gasteiger charge is 2.11. The number of nitrogens with one attached hydrogen (secondary N) is 1. The molecule has 0 spiro atoms. The van der Waals surface area contributed by atoms with Gasteiger partial charge in [0.2, 0.25) is 0 Å². The molecule has 0 unspecified atom stereocenters. The number of morpholine rings is 1. The van der Waals surface area contributed by atoms with E-state index < -0.39 is 0 Å². The first-order valence-corrected chi connectivity index (χ1v) is 8.00. The van der Waals surface area contributed by atoms with Crippen molar-refractivity contribution in [1.29, 1.82) is 0 Å². The Bertz CT molecular complexity index is 844. The van der Waals surface area contributed by atoms with Crippen molar-refractivity contribution in [1.82, 2.24) is 9.97 Å². The number of nitrogen functional groups attached to an aromatic ring is 1. The fourth-order valence-corrected chi connectivity index (χ4v) is 2.89. The van der Waals surface area contributed by atoms with Crippen LogP contribution in [0.3, 0.4) is 0 Å². The number of ether oxygens (including phenoxy) is 1. The van der Waals surface area contributed by atoms with Crippen LogP contribution in [-0.2, 0) is 4.74 Å². The summed E-state index contributed by atoms with van der Waals surface area (Å²) in [6, 6.07) is 14.0. The fraction of sp³-hybridized carbons (Fsp3) is 0.222. The van der Waals surface area contributed by atoms with Gasteiger partial charge in [-0.05, 0) is 42.5 Å². The van der Waals surface area contributed by atoms with Gasteiger partial charge in [0.05, 0.1) is 18.7 Å². The maximum absolute atomic E-state index is 5.89. The molecule has 1 aromatic heterocycles. The van der Waals surface area contributed by atoms with Crippen LogP contribution in [0.4, 0.5) is 22.9 Å². The highest BCUT2D eigenvalue weighted by Crippen LogP contribution is 2.26. The van der Waals surface area contributed by atoms with Crippen molar-refractivity contribution in [2.75, 3.05) is 42.3 Å². The van der Waals surface area contributed by atoms with Crippen molar-refractivity contribution < 1.29 is 4.74 Å². The number of nitrogens with two attached hydrogens (primary N) is 1. The fourth-order valence-electron chi connectivity index (χ4n) is 2.89. The number of hydrogen-bond donors (Lipinski definition) is 2. The van der Waals surface area contributed by atoms with Crippen molar-refractivity contribution in [3.63, 3.8) is 0 Å². The predicted molar refractivity (Wildman–Crippen MR) is 96.7 cm³/mol. The van der Waals surface area contributed by atoms with Crippen LogP contribution in [0.2, 0.25) is 0 Å². The quantitative estimate of drug-likeness (QED) is 0.723. The standard InChI is InChI=1S/C18H19N5O/c19-13-1-6-17-16(11-13)18(21-12-20-17)22-14-2-4-15(5-3-14)23-7-9-24-10-8-23/h1-6,11-12H,7-10,19H2,(H,20,21,22). The molecule has 122 valence electrons. The molecule has 1 fully saturated rings. The molecule has 2 aromatic carbocycles. The average molecular weight is 321 g/mol. The Hall–Kier alpha value is -2.86. The summed E-state index contributed by atoms with van der Waals surface area (Å²) < 4.78 is 5.40. The summed E-state index contributed by atoms with van der Waals surface area (Å²) in [7, 11) is 0. The largest absolute Gasteiger partial charge is 0.399 e. The van der Waals surface area contributed by atoms with Crippen LogP contribution in [0.15, 0.2) is 48.8 Å². The van der Waals surface area contributed by atoms with E-state index in [0.717, 1.165) is 48.7 Å². The number of anilines is 4. The summed E-state index contributed by atoms with van der Waals surface area (Å²) >= 11 is 0. The van der Waals surface area contributed by atoms with E-state index in [2.05, 4.69) is 44.5 Å². The van der Waals surface area contributed by atoms with Crippen LogP contribution in [0.25, 0.3) is 10.9 Å². The molecular formula is C18H19N5O. The molecular weight excluding hydrogens is 302 g/mol. The van der Waals surface area contributed by atoms with Gasteiger partial charge in [-0.1, -0.05) is 0 Å². The normalized spacial score (nSPS) is 14.8. The molecule has 3 N–H and O–H groups in total. The first-order valence-electron chi connectivity index (χ1n) is 8.00. The molecule has 0 saturated carbocycles. The molecule has 0 bridgehead atoms. The third kappa shape index (κ3) is 2.96. The Kier molecular flexibility index (Phi) is 3.88. The van der Waals surface area contributed by atoms with Gasteiger partial charge in [-0.15, -0.1) is 0 Å². The molecule has 2 heterocycles. The molecule has 24 heavy (non-hydrogen) atoms. The minimum atomic E-state index is 0.697. The molecule has 0 amide bonds. The van der Waals surface area contributed by atoms with Crippen molar-refractivity contribution >= 4 is 33.8 Å². The van der Waals surface area contributed by atoms with E-state index in [4.69, 9.17) is 10.5 Å². The molecule has 1 aliphatic heterocycles. The molecule has 0 atom stereocenters. The highest BCUT2D eigenvalue weighted by molar-refractivity contribution is 5.92. The Morgan fingerprint density at radius 3 is 2.58 bits per heavy atom. The van der Waals surface area contributed by atoms with Crippen LogP contribution >= 0.6 is 0 Å². The SMILES string of the molecule is Nc1ccc2ncnc(Nc3ccc(N4CCOCC4)cc3)c2c1. The Labute approximate surface area is 140 Å². The zero-order valence-electron chi connectivity index (χ0n) is 13.3. The number of benzene rings is 2. The number of aromatic nitrogens is 2. The Morgan fingerprint density at radius 1 is 1.00 bits per heavy atom. The lowest BCUT2D eigenvalue weighted by atomic mass is 10.2. The summed E-state index contributed by atoms with van der Waals surface area (Å²) in [6.45, 7) is 3.44. The summed E-state index contributed by atoms with van der Waals surface area (Å²) in [5.41, 5.74) is 9.64. The Balaban J connectivity index is 1.58. The third-order valence-electron chi connectivity index (χ3n) is 4.17. The molecule has 3 aromatic rings. The second-order valence-corrected chi connectivity index (χ2v) is 5.77. The smallest absolute Gasteiger partial charge is 0.141 e. The van der Waals surface area contributed by atoms with Gasteiger partial charge in [-0.25, -0.2) is 9.97 Å². The van der Waals surface area contributed by atoms with E-state index in [1.165, 1.54) is 5.69 Å². The lowest BCUT2D eigenvalue weighted by Gasteiger charge is -2.28. The third-order valence-corrected chi connectivity index (χ3v) is 4.17. The van der Waals surface area contributed by atoms with Gasteiger partial charge < -0.3 is 20.7 Å². The van der Waals surface area contributed by atoms with Crippen molar-refractivity contribution in [3.05, 3.63) is 48.8 Å². The van der Waals surface area contributed by atoms with E-state index in [0.29, 0.717) is 5.69 Å². The zero-order chi connectivity index (χ0) is 16.4. The van der Waals surface area contributed by atoms with E-state index in [1.54, 1.807) is 6.33 Å². The van der Waals surface area contributed by atoms with E-state index >= 15 is 0 Å². The maximum atomic E-state index is 5.89. The van der Waals surface area contributed by atoms with E-state index in [1.807, 2.05) is 18.2 Å². The topological polar surface area (TPSA) is 76.3 Å². The van der Waals surface area contributed by atoms with Gasteiger partial charge >= 0.3 is 0 Å². The van der Waals surface area contributed by atoms with E-state index in [9.17, 15) is 0 Å². The number of hydrogen-bond acceptors (Lipinski definition) is 6. The lowest BCUT2D eigenvalue weighted by Crippen LogP contribution is -2.36. The molecule has 1 aliphatic rings. The molecule has 4 rings (SSSR count). The number of rotatable bonds is 3. The number of fused-ring (bicyclic) bond motifs is 1. The van der Waals surface area contributed by atoms with Crippen LogP contribution in [0, 0.1) is 0 Å². The van der Waals surface area contributed by atoms with Crippen LogP contribution in [0.5, 0.6) is 0 Å². The van der Waals surface area contributed by atoms with Crippen LogP contribution < -0.4 is 16.0 Å². The first kappa shape index (κ1) is 14.7. The van der Waals surface area contributed by atoms with Crippen LogP contribution in [0.1, 0.15) is 0 Å². The van der Waals surface area contributed by atoms with Crippen molar-refractivity contribution in [3.8, 4) is 0 Å². The highest BCUT2D eigenvalue weighted by atomic mass is 16.5. The average Bonchev–Trinajstić information content (AvgIpc) is 2.64. The summed E-state index contributed by atoms with van der Waals surface area (Å²) in [5.74, 6) is 0.756. The maximum Gasteiger partial charge on any atom is 0.141 e. The van der Waals surface area contributed by atoms with Gasteiger partial charge in [0.15, 0.2) is 0 Å². The molecule has 6 nitrogen and oxygen atoms in total. The second-order valence-electron chi connectivity index (χ2n) is 5.77. The molecule has 6 heteroatoms. The first-order chi connectivity index (χ1) is 11.8. The predicted octanol–water partition coefficient (Wildman–Crippen LogP) is 2.79. The minimum Gasteiger partial charge on any atom is -0.399 e. The van der Waals surface area contributed by atoms with Gasteiger partial charge in [0.1, 0.15) is 12.1 Å². The van der Waals surface area contributed by atoms with Gasteiger partial charge in [0.25, 0.3) is 0 Å². The van der Waals surface area contributed by atoms with Crippen molar-refractivity contribution in [2.24, 2.45) is 0 Å². The lowest BCUT2D eigenvalue weighted by molar-refractivity contribution is 0.122. The van der Waals surface area contributed by atoms with Crippen LogP contribution in [-0.4, -0.2) is 36.3 Å². The molecule has 0 radical (unpaired) electrons. The Morgan fingerprint density at radius 2 is 1.79 bits per heavy atom. The summed E-state index contributed by atoms with van der Waals surface area (Å²) in [5, 5.41) is 4.27. The minimum absolute atomic E-state index is 0.697. The molecule has 0 aliphatic carbocycles. The van der Waals surface area contributed by atoms with Gasteiger partial charge in [-0.3, -0.25) is 0 Å². The molecule has 1 saturated heterocycles. The zero-order valence-corrected chi connectivity index (χ0v) is 13.3. The summed E-state index contributed by atoms with van der Waals surface area (Å²) in [6.07, 6.45) is 1.56.